The van der Waals surface area contributed by atoms with Crippen LogP contribution >= 0.6 is 0 Å². The van der Waals surface area contributed by atoms with Crippen LogP contribution < -0.4 is 15.4 Å². The summed E-state index contributed by atoms with van der Waals surface area (Å²) in [5, 5.41) is 5.65. The summed E-state index contributed by atoms with van der Waals surface area (Å²) in [5.74, 6) is -0.0273. The average Bonchev–Trinajstić information content (AvgIpc) is 2.62. The van der Waals surface area contributed by atoms with Crippen molar-refractivity contribution in [3.05, 3.63) is 59.7 Å². The maximum atomic E-state index is 12.5. The summed E-state index contributed by atoms with van der Waals surface area (Å²) in [6.07, 6.45) is 1.92. The molecule has 0 aromatic heterocycles. The van der Waals surface area contributed by atoms with Crippen LogP contribution in [-0.4, -0.2) is 25.5 Å². The van der Waals surface area contributed by atoms with E-state index in [2.05, 4.69) is 17.6 Å². The van der Waals surface area contributed by atoms with Gasteiger partial charge in [-0.1, -0.05) is 37.6 Å². The number of amides is 2. The quantitative estimate of drug-likeness (QED) is 0.766. The first-order valence-corrected chi connectivity index (χ1v) is 7.99. The van der Waals surface area contributed by atoms with Gasteiger partial charge in [-0.05, 0) is 30.7 Å². The first-order valence-electron chi connectivity index (χ1n) is 7.99. The Hall–Kier alpha value is -2.82. The molecule has 24 heavy (non-hydrogen) atoms. The van der Waals surface area contributed by atoms with Crippen molar-refractivity contribution in [1.82, 2.24) is 5.32 Å². The zero-order valence-corrected chi connectivity index (χ0v) is 14.0. The van der Waals surface area contributed by atoms with E-state index < -0.39 is 0 Å². The van der Waals surface area contributed by atoms with Crippen molar-refractivity contribution in [1.29, 1.82) is 0 Å². The number of unbranched alkanes of at least 4 members (excludes halogenated alkanes) is 1. The van der Waals surface area contributed by atoms with Crippen molar-refractivity contribution in [2.75, 3.05) is 19.0 Å². The van der Waals surface area contributed by atoms with Gasteiger partial charge < -0.3 is 15.4 Å². The minimum atomic E-state index is -0.318. The maximum Gasteiger partial charge on any atom is 0.259 e. The summed E-state index contributed by atoms with van der Waals surface area (Å²) < 4.78 is 5.21. The number of rotatable bonds is 7. The van der Waals surface area contributed by atoms with Gasteiger partial charge in [0.2, 0.25) is 0 Å². The molecule has 0 saturated heterocycles. The minimum absolute atomic E-state index is 0.195. The van der Waals surface area contributed by atoms with E-state index in [9.17, 15) is 9.59 Å². The largest absolute Gasteiger partial charge is 0.496 e. The van der Waals surface area contributed by atoms with Crippen molar-refractivity contribution >= 4 is 17.5 Å². The third kappa shape index (κ3) is 4.35. The first kappa shape index (κ1) is 17.5. The number of para-hydroxylation sites is 2. The normalized spacial score (nSPS) is 10.1. The van der Waals surface area contributed by atoms with E-state index in [1.54, 1.807) is 48.5 Å². The van der Waals surface area contributed by atoms with E-state index >= 15 is 0 Å². The third-order valence-corrected chi connectivity index (χ3v) is 3.59. The van der Waals surface area contributed by atoms with E-state index in [0.717, 1.165) is 12.8 Å². The highest BCUT2D eigenvalue weighted by Crippen LogP contribution is 2.21. The Balaban J connectivity index is 2.18. The van der Waals surface area contributed by atoms with E-state index in [-0.39, 0.29) is 11.8 Å². The molecular formula is C19H22N2O3. The van der Waals surface area contributed by atoms with Gasteiger partial charge in [-0.25, -0.2) is 0 Å². The second kappa shape index (κ2) is 8.72. The molecule has 0 radical (unpaired) electrons. The van der Waals surface area contributed by atoms with Crippen LogP contribution in [0.15, 0.2) is 48.5 Å². The lowest BCUT2D eigenvalue weighted by molar-refractivity contribution is 0.0954. The highest BCUT2D eigenvalue weighted by Gasteiger charge is 2.16. The molecule has 0 bridgehead atoms. The topological polar surface area (TPSA) is 67.4 Å². The van der Waals surface area contributed by atoms with Crippen molar-refractivity contribution in [3.8, 4) is 5.75 Å². The van der Waals surface area contributed by atoms with Crippen LogP contribution in [0.3, 0.4) is 0 Å². The second-order valence-electron chi connectivity index (χ2n) is 5.31. The summed E-state index contributed by atoms with van der Waals surface area (Å²) in [5.41, 5.74) is 1.33. The van der Waals surface area contributed by atoms with E-state index in [0.29, 0.717) is 29.1 Å². The van der Waals surface area contributed by atoms with Crippen LogP contribution in [0.5, 0.6) is 5.75 Å². The van der Waals surface area contributed by atoms with Crippen molar-refractivity contribution in [3.63, 3.8) is 0 Å². The Morgan fingerprint density at radius 2 is 1.62 bits per heavy atom. The lowest BCUT2D eigenvalue weighted by Gasteiger charge is -2.12. The average molecular weight is 326 g/mol. The number of benzene rings is 2. The lowest BCUT2D eigenvalue weighted by atomic mass is 10.1. The van der Waals surface area contributed by atoms with E-state index in [1.807, 2.05) is 0 Å². The molecule has 0 spiro atoms. The first-order chi connectivity index (χ1) is 11.7. The van der Waals surface area contributed by atoms with Crippen LogP contribution in [0.1, 0.15) is 40.5 Å². The fraction of sp³-hybridized carbons (Fsp3) is 0.263. The third-order valence-electron chi connectivity index (χ3n) is 3.59. The fourth-order valence-electron chi connectivity index (χ4n) is 2.29. The molecule has 0 unspecified atom stereocenters. The number of nitrogens with one attached hydrogen (secondary N) is 2. The molecule has 2 amide bonds. The molecule has 126 valence electrons. The summed E-state index contributed by atoms with van der Waals surface area (Å²) in [6, 6.07) is 13.9. The Kier molecular flexibility index (Phi) is 6.37. The van der Waals surface area contributed by atoms with Gasteiger partial charge in [0, 0.05) is 6.54 Å². The van der Waals surface area contributed by atoms with Crippen LogP contribution in [0.25, 0.3) is 0 Å². The van der Waals surface area contributed by atoms with Gasteiger partial charge in [0.05, 0.1) is 23.9 Å². The molecule has 0 saturated carbocycles. The summed E-state index contributed by atoms with van der Waals surface area (Å²) in [6.45, 7) is 2.68. The number of hydrogen-bond donors (Lipinski definition) is 2. The molecule has 2 aromatic rings. The molecule has 0 aliphatic rings. The zero-order valence-electron chi connectivity index (χ0n) is 14.0. The Labute approximate surface area is 142 Å². The van der Waals surface area contributed by atoms with Crippen LogP contribution in [-0.2, 0) is 0 Å². The molecule has 0 aliphatic carbocycles. The summed E-state index contributed by atoms with van der Waals surface area (Å²) in [4.78, 5) is 24.8. The Morgan fingerprint density at radius 3 is 2.33 bits per heavy atom. The Morgan fingerprint density at radius 1 is 0.958 bits per heavy atom. The molecule has 5 nitrogen and oxygen atoms in total. The van der Waals surface area contributed by atoms with Crippen molar-refractivity contribution in [2.45, 2.75) is 19.8 Å². The van der Waals surface area contributed by atoms with Crippen molar-refractivity contribution < 1.29 is 14.3 Å². The van der Waals surface area contributed by atoms with E-state index in [4.69, 9.17) is 4.74 Å². The van der Waals surface area contributed by atoms with Gasteiger partial charge in [-0.3, -0.25) is 9.59 Å². The number of carbonyl (C=O) groups is 2. The molecule has 0 fully saturated rings. The molecule has 0 heterocycles. The number of methoxy groups -OCH3 is 1. The predicted octanol–water partition coefficient (Wildman–Crippen LogP) is 3.48. The smallest absolute Gasteiger partial charge is 0.259 e. The lowest BCUT2D eigenvalue weighted by Crippen LogP contribution is -2.26. The van der Waals surface area contributed by atoms with Gasteiger partial charge in [-0.2, -0.15) is 0 Å². The monoisotopic (exact) mass is 326 g/mol. The fourth-order valence-corrected chi connectivity index (χ4v) is 2.29. The van der Waals surface area contributed by atoms with Gasteiger partial charge in [0.1, 0.15) is 5.75 Å². The highest BCUT2D eigenvalue weighted by atomic mass is 16.5. The molecule has 2 aromatic carbocycles. The van der Waals surface area contributed by atoms with Crippen molar-refractivity contribution in [2.24, 2.45) is 0 Å². The minimum Gasteiger partial charge on any atom is -0.496 e. The zero-order chi connectivity index (χ0) is 17.4. The van der Waals surface area contributed by atoms with Crippen LogP contribution in [0, 0.1) is 0 Å². The SMILES string of the molecule is CCCCNC(=O)c1ccccc1NC(=O)c1ccccc1OC. The molecule has 2 N–H and O–H groups in total. The van der Waals surface area contributed by atoms with Gasteiger partial charge >= 0.3 is 0 Å². The van der Waals surface area contributed by atoms with Gasteiger partial charge in [-0.15, -0.1) is 0 Å². The van der Waals surface area contributed by atoms with Gasteiger partial charge in [0.15, 0.2) is 0 Å². The standard InChI is InChI=1S/C19H22N2O3/c1-3-4-13-20-18(22)14-9-5-7-11-16(14)21-19(23)15-10-6-8-12-17(15)24-2/h5-12H,3-4,13H2,1-2H3,(H,20,22)(H,21,23). The summed E-state index contributed by atoms with van der Waals surface area (Å²) in [7, 11) is 1.52. The van der Waals surface area contributed by atoms with Crippen LogP contribution in [0.2, 0.25) is 0 Å². The Bertz CT molecular complexity index is 713. The number of ether oxygens (including phenoxy) is 1. The predicted molar refractivity (Wildman–Crippen MR) is 94.6 cm³/mol. The molecule has 0 aliphatic heterocycles. The molecule has 2 rings (SSSR count). The second-order valence-corrected chi connectivity index (χ2v) is 5.31. The number of carbonyl (C=O) groups excluding carboxylic acids is 2. The molecular weight excluding hydrogens is 304 g/mol. The molecule has 5 heteroatoms. The summed E-state index contributed by atoms with van der Waals surface area (Å²) >= 11 is 0. The van der Waals surface area contributed by atoms with Gasteiger partial charge in [0.25, 0.3) is 11.8 Å². The van der Waals surface area contributed by atoms with Crippen LogP contribution in [0.4, 0.5) is 5.69 Å². The van der Waals surface area contributed by atoms with E-state index in [1.165, 1.54) is 7.11 Å². The number of hydrogen-bond acceptors (Lipinski definition) is 3. The highest BCUT2D eigenvalue weighted by molar-refractivity contribution is 6.10. The maximum absolute atomic E-state index is 12.5. The molecule has 0 atom stereocenters. The number of anilines is 1.